The second-order valence-corrected chi connectivity index (χ2v) is 7.29. The molecule has 7 nitrogen and oxygen atoms in total. The zero-order valence-corrected chi connectivity index (χ0v) is 15.1. The Bertz CT molecular complexity index is 731. The molecule has 0 aromatic heterocycles. The van der Waals surface area contributed by atoms with Crippen molar-refractivity contribution in [2.45, 2.75) is 32.1 Å². The summed E-state index contributed by atoms with van der Waals surface area (Å²) in [5.74, 6) is -1.23. The van der Waals surface area contributed by atoms with Gasteiger partial charge in [-0.15, -0.1) is 0 Å². The molecule has 3 rings (SSSR count). The first kappa shape index (κ1) is 18.5. The maximum absolute atomic E-state index is 12.5. The molecular weight excluding hydrogens is 358 g/mol. The lowest BCUT2D eigenvalue weighted by Crippen LogP contribution is -2.44. The van der Waals surface area contributed by atoms with E-state index in [4.69, 9.17) is 11.6 Å². The van der Waals surface area contributed by atoms with E-state index < -0.39 is 11.4 Å². The molecule has 1 aromatic rings. The lowest BCUT2D eigenvalue weighted by atomic mass is 9.74. The van der Waals surface area contributed by atoms with Crippen LogP contribution in [0.3, 0.4) is 0 Å². The van der Waals surface area contributed by atoms with Crippen LogP contribution in [-0.2, 0) is 4.79 Å². The van der Waals surface area contributed by atoms with Crippen LogP contribution in [0.1, 0.15) is 42.5 Å². The Morgan fingerprint density at radius 3 is 2.62 bits per heavy atom. The molecule has 1 aliphatic carbocycles. The van der Waals surface area contributed by atoms with E-state index in [0.29, 0.717) is 42.2 Å². The summed E-state index contributed by atoms with van der Waals surface area (Å²) in [6, 6.07) is 4.46. The van der Waals surface area contributed by atoms with Gasteiger partial charge >= 0.3 is 12.0 Å². The zero-order chi connectivity index (χ0) is 18.7. The minimum atomic E-state index is -0.891. The second kappa shape index (κ2) is 7.53. The fourth-order valence-electron chi connectivity index (χ4n) is 3.61. The molecule has 0 spiro atoms. The lowest BCUT2D eigenvalue weighted by Gasteiger charge is -2.33. The van der Waals surface area contributed by atoms with Crippen molar-refractivity contribution in [2.75, 3.05) is 24.5 Å². The van der Waals surface area contributed by atoms with Crippen LogP contribution in [0.25, 0.3) is 0 Å². The smallest absolute Gasteiger partial charge is 0.322 e. The quantitative estimate of drug-likeness (QED) is 0.732. The third-order valence-corrected chi connectivity index (χ3v) is 5.53. The van der Waals surface area contributed by atoms with E-state index in [1.807, 2.05) is 0 Å². The number of aliphatic carboxylic acids is 1. The first-order valence-corrected chi connectivity index (χ1v) is 9.17. The molecule has 2 aliphatic rings. The van der Waals surface area contributed by atoms with E-state index in [1.54, 1.807) is 18.2 Å². The van der Waals surface area contributed by atoms with Crippen LogP contribution in [0, 0.1) is 5.41 Å². The van der Waals surface area contributed by atoms with Gasteiger partial charge in [0.2, 0.25) is 0 Å². The molecule has 0 radical (unpaired) electrons. The number of benzene rings is 1. The topological polar surface area (TPSA) is 98.7 Å². The monoisotopic (exact) mass is 379 g/mol. The van der Waals surface area contributed by atoms with Gasteiger partial charge in [-0.3, -0.25) is 14.5 Å². The summed E-state index contributed by atoms with van der Waals surface area (Å²) in [4.78, 5) is 37.6. The SMILES string of the molecule is O=C(NCC1(C(=O)O)CCCCC1)c1ccc(Cl)c(N2CCNC2=O)c1. The molecule has 3 amide bonds. The summed E-state index contributed by atoms with van der Waals surface area (Å²) in [5, 5.41) is 15.4. The van der Waals surface area contributed by atoms with E-state index in [2.05, 4.69) is 10.6 Å². The molecule has 2 fully saturated rings. The Morgan fingerprint density at radius 1 is 1.27 bits per heavy atom. The Labute approximate surface area is 156 Å². The fraction of sp³-hybridized carbons (Fsp3) is 0.500. The van der Waals surface area contributed by atoms with Gasteiger partial charge in [-0.2, -0.15) is 0 Å². The number of carbonyl (C=O) groups excluding carboxylic acids is 2. The summed E-state index contributed by atoms with van der Waals surface area (Å²) >= 11 is 6.18. The van der Waals surface area contributed by atoms with E-state index in [0.717, 1.165) is 19.3 Å². The summed E-state index contributed by atoms with van der Waals surface area (Å²) in [6.45, 7) is 1.10. The van der Waals surface area contributed by atoms with Crippen LogP contribution in [0.2, 0.25) is 5.02 Å². The molecule has 3 N–H and O–H groups in total. The van der Waals surface area contributed by atoms with Crippen LogP contribution in [0.5, 0.6) is 0 Å². The van der Waals surface area contributed by atoms with E-state index in [-0.39, 0.29) is 18.5 Å². The second-order valence-electron chi connectivity index (χ2n) is 6.88. The van der Waals surface area contributed by atoms with Gasteiger partial charge in [-0.25, -0.2) is 4.79 Å². The number of nitrogens with zero attached hydrogens (tertiary/aromatic N) is 1. The largest absolute Gasteiger partial charge is 0.481 e. The van der Waals surface area contributed by atoms with Crippen LogP contribution in [0.15, 0.2) is 18.2 Å². The molecule has 140 valence electrons. The van der Waals surface area contributed by atoms with Gasteiger partial charge in [0.05, 0.1) is 16.1 Å². The van der Waals surface area contributed by atoms with Gasteiger partial charge in [-0.1, -0.05) is 30.9 Å². The third kappa shape index (κ3) is 3.62. The zero-order valence-electron chi connectivity index (χ0n) is 14.4. The van der Waals surface area contributed by atoms with Crippen molar-refractivity contribution in [3.8, 4) is 0 Å². The van der Waals surface area contributed by atoms with Gasteiger partial charge in [-0.05, 0) is 31.0 Å². The van der Waals surface area contributed by atoms with Crippen molar-refractivity contribution in [2.24, 2.45) is 5.41 Å². The lowest BCUT2D eigenvalue weighted by molar-refractivity contribution is -0.150. The summed E-state index contributed by atoms with van der Waals surface area (Å²) < 4.78 is 0. The van der Waals surface area contributed by atoms with Crippen LogP contribution >= 0.6 is 11.6 Å². The van der Waals surface area contributed by atoms with E-state index >= 15 is 0 Å². The van der Waals surface area contributed by atoms with E-state index in [9.17, 15) is 19.5 Å². The van der Waals surface area contributed by atoms with Gasteiger partial charge in [0.25, 0.3) is 5.91 Å². The Balaban J connectivity index is 1.73. The number of carboxylic acid groups (broad SMARTS) is 1. The molecule has 1 saturated heterocycles. The normalized spacial score (nSPS) is 19.1. The number of anilines is 1. The maximum atomic E-state index is 12.5. The standard InChI is InChI=1S/C18H22ClN3O4/c19-13-5-4-12(10-14(13)22-9-8-20-17(22)26)15(23)21-11-18(16(24)25)6-2-1-3-7-18/h4-5,10H,1-3,6-9,11H2,(H,20,26)(H,21,23)(H,24,25). The first-order valence-electron chi connectivity index (χ1n) is 8.79. The molecule has 1 heterocycles. The van der Waals surface area contributed by atoms with Crippen molar-refractivity contribution in [3.05, 3.63) is 28.8 Å². The number of rotatable bonds is 5. The number of nitrogens with one attached hydrogen (secondary N) is 2. The number of carbonyl (C=O) groups is 3. The summed E-state index contributed by atoms with van der Waals surface area (Å²) in [5.41, 5.74) is -0.0711. The molecule has 0 bridgehead atoms. The maximum Gasteiger partial charge on any atom is 0.322 e. The van der Waals surface area contributed by atoms with Crippen molar-refractivity contribution < 1.29 is 19.5 Å². The highest BCUT2D eigenvalue weighted by Crippen LogP contribution is 2.36. The molecule has 1 aliphatic heterocycles. The predicted octanol–water partition coefficient (Wildman–Crippen LogP) is 2.63. The highest BCUT2D eigenvalue weighted by Gasteiger charge is 2.39. The number of amides is 3. The Kier molecular flexibility index (Phi) is 5.36. The Morgan fingerprint density at radius 2 is 2.00 bits per heavy atom. The molecule has 1 saturated carbocycles. The molecular formula is C18H22ClN3O4. The third-order valence-electron chi connectivity index (χ3n) is 5.21. The van der Waals surface area contributed by atoms with Gasteiger partial charge in [0.1, 0.15) is 0 Å². The van der Waals surface area contributed by atoms with Gasteiger partial charge in [0, 0.05) is 25.2 Å². The highest BCUT2D eigenvalue weighted by molar-refractivity contribution is 6.34. The summed E-state index contributed by atoms with van der Waals surface area (Å²) in [6.07, 6.45) is 3.89. The number of halogens is 1. The number of hydrogen-bond acceptors (Lipinski definition) is 3. The summed E-state index contributed by atoms with van der Waals surface area (Å²) in [7, 11) is 0. The molecule has 1 aromatic carbocycles. The Hall–Kier alpha value is -2.28. The average Bonchev–Trinajstić information content (AvgIpc) is 3.06. The molecule has 26 heavy (non-hydrogen) atoms. The molecule has 0 atom stereocenters. The van der Waals surface area contributed by atoms with Crippen LogP contribution < -0.4 is 15.5 Å². The molecule has 8 heteroatoms. The number of hydrogen-bond donors (Lipinski definition) is 3. The van der Waals surface area contributed by atoms with Crippen LogP contribution in [0.4, 0.5) is 10.5 Å². The van der Waals surface area contributed by atoms with Crippen LogP contribution in [-0.4, -0.2) is 42.6 Å². The minimum Gasteiger partial charge on any atom is -0.481 e. The highest BCUT2D eigenvalue weighted by atomic mass is 35.5. The van der Waals surface area contributed by atoms with Gasteiger partial charge in [0.15, 0.2) is 0 Å². The van der Waals surface area contributed by atoms with Crippen molar-refractivity contribution in [1.29, 1.82) is 0 Å². The molecule has 0 unspecified atom stereocenters. The van der Waals surface area contributed by atoms with Gasteiger partial charge < -0.3 is 15.7 Å². The van der Waals surface area contributed by atoms with Crippen molar-refractivity contribution >= 4 is 35.2 Å². The first-order chi connectivity index (χ1) is 12.4. The van der Waals surface area contributed by atoms with E-state index in [1.165, 1.54) is 4.90 Å². The van der Waals surface area contributed by atoms with Crippen molar-refractivity contribution in [1.82, 2.24) is 10.6 Å². The van der Waals surface area contributed by atoms with Crippen molar-refractivity contribution in [3.63, 3.8) is 0 Å². The average molecular weight is 380 g/mol. The predicted molar refractivity (Wildman–Crippen MR) is 97.7 cm³/mol. The fourth-order valence-corrected chi connectivity index (χ4v) is 3.83. The number of carboxylic acids is 1. The minimum absolute atomic E-state index is 0.101. The number of urea groups is 1.